The zero-order valence-corrected chi connectivity index (χ0v) is 15.5. The number of aryl methyl sites for hydroxylation is 2. The molecule has 3 nitrogen and oxygen atoms in total. The van der Waals surface area contributed by atoms with Gasteiger partial charge in [0.05, 0.1) is 5.52 Å². The highest BCUT2D eigenvalue weighted by Gasteiger charge is 2.25. The van der Waals surface area contributed by atoms with Crippen molar-refractivity contribution in [2.45, 2.75) is 46.1 Å². The molecule has 1 aliphatic heterocycles. The Bertz CT molecular complexity index is 879. The standard InChI is InChI=1S/C22H27N3/c1-4-25-17(3)16(2)20-12-13-23-22(21(20)25)24-14-8-11-19(15-24)18-9-6-5-7-10-18/h5-7,9-10,12-13,19H,4,8,11,14-15H2,1-3H3. The van der Waals surface area contributed by atoms with Crippen molar-refractivity contribution in [3.05, 3.63) is 59.4 Å². The van der Waals surface area contributed by atoms with Crippen molar-refractivity contribution in [2.24, 2.45) is 0 Å². The molecule has 3 heterocycles. The van der Waals surface area contributed by atoms with Gasteiger partial charge < -0.3 is 9.47 Å². The minimum absolute atomic E-state index is 0.597. The number of fused-ring (bicyclic) bond motifs is 1. The molecular formula is C22H27N3. The Morgan fingerprint density at radius 3 is 2.68 bits per heavy atom. The van der Waals surface area contributed by atoms with E-state index in [0.717, 1.165) is 25.5 Å². The van der Waals surface area contributed by atoms with Crippen LogP contribution in [0.5, 0.6) is 0 Å². The minimum atomic E-state index is 0.597. The average molecular weight is 333 g/mol. The van der Waals surface area contributed by atoms with Crippen LogP contribution < -0.4 is 4.90 Å². The predicted octanol–water partition coefficient (Wildman–Crippen LogP) is 5.06. The van der Waals surface area contributed by atoms with Crippen molar-refractivity contribution < 1.29 is 0 Å². The Morgan fingerprint density at radius 1 is 1.12 bits per heavy atom. The van der Waals surface area contributed by atoms with E-state index in [1.165, 1.54) is 40.6 Å². The molecule has 1 atom stereocenters. The maximum atomic E-state index is 4.83. The van der Waals surface area contributed by atoms with E-state index in [-0.39, 0.29) is 0 Å². The lowest BCUT2D eigenvalue weighted by molar-refractivity contribution is 0.507. The summed E-state index contributed by atoms with van der Waals surface area (Å²) in [5.41, 5.74) is 5.52. The van der Waals surface area contributed by atoms with Crippen LogP contribution in [0.15, 0.2) is 42.6 Å². The third kappa shape index (κ3) is 2.72. The lowest BCUT2D eigenvalue weighted by Crippen LogP contribution is -2.35. The van der Waals surface area contributed by atoms with E-state index in [0.29, 0.717) is 5.92 Å². The Kier molecular flexibility index (Phi) is 4.24. The second-order valence-corrected chi connectivity index (χ2v) is 7.18. The van der Waals surface area contributed by atoms with E-state index in [1.54, 1.807) is 0 Å². The van der Waals surface area contributed by atoms with Crippen LogP contribution in [-0.2, 0) is 6.54 Å². The van der Waals surface area contributed by atoms with Crippen molar-refractivity contribution in [3.8, 4) is 0 Å². The summed E-state index contributed by atoms with van der Waals surface area (Å²) in [6, 6.07) is 13.1. The molecule has 0 radical (unpaired) electrons. The normalized spacial score (nSPS) is 18.0. The van der Waals surface area contributed by atoms with Gasteiger partial charge in [-0.05, 0) is 50.8 Å². The maximum Gasteiger partial charge on any atom is 0.153 e. The van der Waals surface area contributed by atoms with Gasteiger partial charge in [0.25, 0.3) is 0 Å². The van der Waals surface area contributed by atoms with Crippen LogP contribution in [0.2, 0.25) is 0 Å². The van der Waals surface area contributed by atoms with Crippen LogP contribution in [0.4, 0.5) is 5.82 Å². The first-order valence-electron chi connectivity index (χ1n) is 9.45. The molecule has 0 amide bonds. The van der Waals surface area contributed by atoms with Gasteiger partial charge in [-0.1, -0.05) is 30.3 Å². The molecule has 0 N–H and O–H groups in total. The second kappa shape index (κ2) is 6.55. The molecule has 25 heavy (non-hydrogen) atoms. The summed E-state index contributed by atoms with van der Waals surface area (Å²) in [5.74, 6) is 1.76. The van der Waals surface area contributed by atoms with Crippen molar-refractivity contribution in [3.63, 3.8) is 0 Å². The van der Waals surface area contributed by atoms with Crippen LogP contribution in [0.1, 0.15) is 42.5 Å². The zero-order valence-electron chi connectivity index (χ0n) is 15.5. The molecule has 1 unspecified atom stereocenters. The molecule has 3 aromatic rings. The second-order valence-electron chi connectivity index (χ2n) is 7.18. The summed E-state index contributed by atoms with van der Waals surface area (Å²) >= 11 is 0. The molecule has 0 aliphatic carbocycles. The number of anilines is 1. The Morgan fingerprint density at radius 2 is 1.92 bits per heavy atom. The van der Waals surface area contributed by atoms with E-state index in [4.69, 9.17) is 4.98 Å². The van der Waals surface area contributed by atoms with E-state index < -0.39 is 0 Å². The minimum Gasteiger partial charge on any atom is -0.354 e. The van der Waals surface area contributed by atoms with Crippen molar-refractivity contribution >= 4 is 16.7 Å². The summed E-state index contributed by atoms with van der Waals surface area (Å²) < 4.78 is 2.43. The first-order valence-corrected chi connectivity index (χ1v) is 9.45. The lowest BCUT2D eigenvalue weighted by Gasteiger charge is -2.34. The number of pyridine rings is 1. The topological polar surface area (TPSA) is 21.1 Å². The fourth-order valence-electron chi connectivity index (χ4n) is 4.37. The van der Waals surface area contributed by atoms with Crippen LogP contribution >= 0.6 is 0 Å². The average Bonchev–Trinajstić information content (AvgIpc) is 2.93. The van der Waals surface area contributed by atoms with Crippen molar-refractivity contribution in [1.82, 2.24) is 9.55 Å². The highest BCUT2D eigenvalue weighted by atomic mass is 15.2. The first kappa shape index (κ1) is 16.2. The molecule has 1 saturated heterocycles. The third-order valence-corrected chi connectivity index (χ3v) is 5.83. The van der Waals surface area contributed by atoms with Crippen molar-refractivity contribution in [1.29, 1.82) is 0 Å². The lowest BCUT2D eigenvalue weighted by atomic mass is 9.90. The number of hydrogen-bond acceptors (Lipinski definition) is 2. The van der Waals surface area contributed by atoms with Gasteiger partial charge in [-0.3, -0.25) is 0 Å². The molecule has 4 rings (SSSR count). The van der Waals surface area contributed by atoms with Gasteiger partial charge in [-0.2, -0.15) is 0 Å². The third-order valence-electron chi connectivity index (χ3n) is 5.83. The smallest absolute Gasteiger partial charge is 0.153 e. The van der Waals surface area contributed by atoms with Crippen LogP contribution in [0.25, 0.3) is 10.9 Å². The van der Waals surface area contributed by atoms with E-state index in [1.807, 2.05) is 6.20 Å². The zero-order chi connectivity index (χ0) is 17.4. The fraction of sp³-hybridized carbons (Fsp3) is 0.409. The predicted molar refractivity (Wildman–Crippen MR) is 106 cm³/mol. The fourth-order valence-corrected chi connectivity index (χ4v) is 4.37. The first-order chi connectivity index (χ1) is 12.2. The van der Waals surface area contributed by atoms with Gasteiger partial charge in [0.15, 0.2) is 5.82 Å². The molecule has 1 fully saturated rings. The largest absolute Gasteiger partial charge is 0.354 e. The van der Waals surface area contributed by atoms with Crippen LogP contribution in [0, 0.1) is 13.8 Å². The quantitative estimate of drug-likeness (QED) is 0.668. The molecule has 3 heteroatoms. The summed E-state index contributed by atoms with van der Waals surface area (Å²) in [6.07, 6.45) is 4.47. The van der Waals surface area contributed by atoms with E-state index >= 15 is 0 Å². The molecule has 130 valence electrons. The number of piperidine rings is 1. The number of aromatic nitrogens is 2. The Labute approximate surface area is 150 Å². The molecular weight excluding hydrogens is 306 g/mol. The highest BCUT2D eigenvalue weighted by Crippen LogP contribution is 2.35. The molecule has 0 saturated carbocycles. The van der Waals surface area contributed by atoms with Gasteiger partial charge in [-0.25, -0.2) is 4.98 Å². The van der Waals surface area contributed by atoms with Gasteiger partial charge in [0, 0.05) is 42.8 Å². The van der Waals surface area contributed by atoms with Gasteiger partial charge in [0.2, 0.25) is 0 Å². The number of hydrogen-bond donors (Lipinski definition) is 0. The van der Waals surface area contributed by atoms with E-state index in [9.17, 15) is 0 Å². The number of nitrogens with zero attached hydrogens (tertiary/aromatic N) is 3. The summed E-state index contributed by atoms with van der Waals surface area (Å²) in [7, 11) is 0. The van der Waals surface area contributed by atoms with Gasteiger partial charge >= 0.3 is 0 Å². The maximum absolute atomic E-state index is 4.83. The molecule has 1 aliphatic rings. The molecule has 1 aromatic carbocycles. The molecule has 0 spiro atoms. The van der Waals surface area contributed by atoms with Crippen LogP contribution in [0.3, 0.4) is 0 Å². The Balaban J connectivity index is 1.75. The van der Waals surface area contributed by atoms with Gasteiger partial charge in [0.1, 0.15) is 0 Å². The summed E-state index contributed by atoms with van der Waals surface area (Å²) in [4.78, 5) is 7.34. The monoisotopic (exact) mass is 333 g/mol. The summed E-state index contributed by atoms with van der Waals surface area (Å²) in [5, 5.41) is 1.35. The summed E-state index contributed by atoms with van der Waals surface area (Å²) in [6.45, 7) is 9.84. The number of rotatable bonds is 3. The number of benzene rings is 1. The van der Waals surface area contributed by atoms with Crippen LogP contribution in [-0.4, -0.2) is 22.6 Å². The SMILES string of the molecule is CCn1c(C)c(C)c2ccnc(N3CCCC(c4ccccc4)C3)c21. The molecule has 0 bridgehead atoms. The molecule has 2 aromatic heterocycles. The van der Waals surface area contributed by atoms with Gasteiger partial charge in [-0.15, -0.1) is 0 Å². The van der Waals surface area contributed by atoms with E-state index in [2.05, 4.69) is 66.6 Å². The highest BCUT2D eigenvalue weighted by molar-refractivity contribution is 5.93. The van der Waals surface area contributed by atoms with Crippen molar-refractivity contribution in [2.75, 3.05) is 18.0 Å². The Hall–Kier alpha value is -2.29.